The second-order valence-corrected chi connectivity index (χ2v) is 7.89. The molecule has 3 aliphatic carbocycles. The largest absolute Gasteiger partial charge is 0.390 e. The highest BCUT2D eigenvalue weighted by Gasteiger charge is 2.59. The van der Waals surface area contributed by atoms with Crippen LogP contribution in [0.5, 0.6) is 0 Å². The highest BCUT2D eigenvalue weighted by Crippen LogP contribution is 2.64. The molecule has 4 atom stereocenters. The number of fused-ring (bicyclic) bond motifs is 4. The average molecular weight is 222 g/mol. The molecule has 3 aliphatic rings. The Kier molecular flexibility index (Phi) is 2.11. The van der Waals surface area contributed by atoms with Gasteiger partial charge in [0, 0.05) is 0 Å². The van der Waals surface area contributed by atoms with Crippen molar-refractivity contribution in [3.63, 3.8) is 0 Å². The molecule has 0 aromatic heterocycles. The first-order chi connectivity index (χ1) is 7.35. The summed E-state index contributed by atoms with van der Waals surface area (Å²) in [7, 11) is 0. The van der Waals surface area contributed by atoms with Crippen LogP contribution in [0.1, 0.15) is 65.7 Å². The van der Waals surface area contributed by atoms with Gasteiger partial charge in [-0.1, -0.05) is 27.2 Å². The molecule has 3 fully saturated rings. The lowest BCUT2D eigenvalue weighted by atomic mass is 9.49. The molecule has 92 valence electrons. The summed E-state index contributed by atoms with van der Waals surface area (Å²) in [4.78, 5) is 0. The third-order valence-electron chi connectivity index (χ3n) is 6.11. The molecule has 3 rings (SSSR count). The van der Waals surface area contributed by atoms with Crippen LogP contribution in [0.3, 0.4) is 0 Å². The summed E-state index contributed by atoms with van der Waals surface area (Å²) in [6.45, 7) is 7.21. The third kappa shape index (κ3) is 1.40. The molecule has 0 amide bonds. The molecule has 1 heteroatoms. The molecule has 1 nitrogen and oxygen atoms in total. The second-order valence-electron chi connectivity index (χ2n) is 7.89. The van der Waals surface area contributed by atoms with E-state index in [4.69, 9.17) is 0 Å². The summed E-state index contributed by atoms with van der Waals surface area (Å²) < 4.78 is 0. The van der Waals surface area contributed by atoms with Crippen molar-refractivity contribution in [2.75, 3.05) is 0 Å². The van der Waals surface area contributed by atoms with E-state index in [9.17, 15) is 5.11 Å². The van der Waals surface area contributed by atoms with Crippen LogP contribution < -0.4 is 0 Å². The van der Waals surface area contributed by atoms with Gasteiger partial charge in [0.15, 0.2) is 0 Å². The molecule has 0 saturated heterocycles. The van der Waals surface area contributed by atoms with Crippen LogP contribution in [0.2, 0.25) is 0 Å². The van der Waals surface area contributed by atoms with E-state index in [-0.39, 0.29) is 5.60 Å². The van der Waals surface area contributed by atoms with Crippen LogP contribution in [-0.4, -0.2) is 10.7 Å². The van der Waals surface area contributed by atoms with Crippen LogP contribution in [0.15, 0.2) is 0 Å². The van der Waals surface area contributed by atoms with Crippen LogP contribution >= 0.6 is 0 Å². The molecule has 2 bridgehead atoms. The Hall–Kier alpha value is -0.0400. The van der Waals surface area contributed by atoms with Crippen molar-refractivity contribution in [2.45, 2.75) is 71.3 Å². The lowest BCUT2D eigenvalue weighted by molar-refractivity contribution is -0.161. The van der Waals surface area contributed by atoms with Gasteiger partial charge in [-0.3, -0.25) is 0 Å². The predicted octanol–water partition coefficient (Wildman–Crippen LogP) is 3.75. The Balaban J connectivity index is 1.92. The number of hydrogen-bond donors (Lipinski definition) is 1. The van der Waals surface area contributed by atoms with Crippen LogP contribution in [-0.2, 0) is 0 Å². The fourth-order valence-corrected chi connectivity index (χ4v) is 5.17. The average Bonchev–Trinajstić information content (AvgIpc) is 2.19. The van der Waals surface area contributed by atoms with E-state index in [1.165, 1.54) is 32.1 Å². The van der Waals surface area contributed by atoms with Crippen molar-refractivity contribution in [3.8, 4) is 0 Å². The fourth-order valence-electron chi connectivity index (χ4n) is 5.17. The fraction of sp³-hybridized carbons (Fsp3) is 1.00. The predicted molar refractivity (Wildman–Crippen MR) is 66.1 cm³/mol. The highest BCUT2D eigenvalue weighted by molar-refractivity contribution is 5.10. The van der Waals surface area contributed by atoms with E-state index in [1.54, 1.807) is 0 Å². The van der Waals surface area contributed by atoms with Crippen molar-refractivity contribution in [1.29, 1.82) is 0 Å². The molecule has 0 aliphatic heterocycles. The van der Waals surface area contributed by atoms with Gasteiger partial charge < -0.3 is 5.11 Å². The van der Waals surface area contributed by atoms with Crippen LogP contribution in [0.4, 0.5) is 0 Å². The lowest BCUT2D eigenvalue weighted by Crippen LogP contribution is -2.56. The summed E-state index contributed by atoms with van der Waals surface area (Å²) in [6.07, 6.45) is 8.70. The van der Waals surface area contributed by atoms with Gasteiger partial charge in [-0.15, -0.1) is 0 Å². The maximum atomic E-state index is 11.0. The van der Waals surface area contributed by atoms with E-state index in [0.29, 0.717) is 16.7 Å². The van der Waals surface area contributed by atoms with Gasteiger partial charge in [0.05, 0.1) is 5.60 Å². The summed E-state index contributed by atoms with van der Waals surface area (Å²) in [5.41, 5.74) is 0.637. The minimum atomic E-state index is -0.302. The summed E-state index contributed by atoms with van der Waals surface area (Å²) >= 11 is 0. The maximum Gasteiger partial charge on any atom is 0.0684 e. The summed E-state index contributed by atoms with van der Waals surface area (Å²) in [5.74, 6) is 1.40. The minimum absolute atomic E-state index is 0.302. The Bertz CT molecular complexity index is 309. The van der Waals surface area contributed by atoms with Crippen molar-refractivity contribution in [3.05, 3.63) is 0 Å². The highest BCUT2D eigenvalue weighted by atomic mass is 16.3. The zero-order valence-corrected chi connectivity index (χ0v) is 11.1. The van der Waals surface area contributed by atoms with Crippen molar-refractivity contribution < 1.29 is 5.11 Å². The molecule has 0 unspecified atom stereocenters. The molecular formula is C15H26O. The van der Waals surface area contributed by atoms with Gasteiger partial charge in [0.1, 0.15) is 0 Å². The molecule has 0 aromatic carbocycles. The normalized spacial score (nSPS) is 54.8. The van der Waals surface area contributed by atoms with Crippen molar-refractivity contribution in [1.82, 2.24) is 0 Å². The zero-order chi connectivity index (χ0) is 11.6. The number of rotatable bonds is 0. The number of hydrogen-bond acceptors (Lipinski definition) is 1. The first kappa shape index (κ1) is 11.1. The maximum absolute atomic E-state index is 11.0. The first-order valence-corrected chi connectivity index (χ1v) is 7.07. The van der Waals surface area contributed by atoms with Gasteiger partial charge >= 0.3 is 0 Å². The van der Waals surface area contributed by atoms with Gasteiger partial charge in [-0.25, -0.2) is 0 Å². The molecule has 0 heterocycles. The topological polar surface area (TPSA) is 20.2 Å². The van der Waals surface area contributed by atoms with Crippen molar-refractivity contribution >= 4 is 0 Å². The zero-order valence-electron chi connectivity index (χ0n) is 11.1. The van der Waals surface area contributed by atoms with Crippen LogP contribution in [0, 0.1) is 22.7 Å². The second kappa shape index (κ2) is 3.04. The smallest absolute Gasteiger partial charge is 0.0684 e. The Labute approximate surface area is 99.6 Å². The van der Waals surface area contributed by atoms with E-state index in [1.807, 2.05) is 0 Å². The molecule has 1 N–H and O–H groups in total. The van der Waals surface area contributed by atoms with E-state index in [2.05, 4.69) is 20.8 Å². The van der Waals surface area contributed by atoms with Gasteiger partial charge in [0.2, 0.25) is 0 Å². The standard InChI is InChI=1S/C15H26O/c1-13(2)9-12-11(13)5-8-14(3)6-4-7-15(12,16)10-14/h11-12,16H,4-10H2,1-3H3/t11-,12+,14-,15-/m1/s1. The molecule has 0 radical (unpaired) electrons. The SMILES string of the molecule is CC1(C)C[C@H]2[C@H]1CC[C@@]1(C)CCC[C@@]2(O)C1. The van der Waals surface area contributed by atoms with Crippen LogP contribution in [0.25, 0.3) is 0 Å². The van der Waals surface area contributed by atoms with Gasteiger partial charge in [0.25, 0.3) is 0 Å². The van der Waals surface area contributed by atoms with E-state index < -0.39 is 0 Å². The van der Waals surface area contributed by atoms with Gasteiger partial charge in [-0.2, -0.15) is 0 Å². The first-order valence-electron chi connectivity index (χ1n) is 7.07. The summed E-state index contributed by atoms with van der Waals surface area (Å²) in [6, 6.07) is 0. The molecule has 0 spiro atoms. The molecular weight excluding hydrogens is 196 g/mol. The Morgan fingerprint density at radius 3 is 2.44 bits per heavy atom. The molecule has 0 aromatic rings. The Morgan fingerprint density at radius 2 is 1.75 bits per heavy atom. The quantitative estimate of drug-likeness (QED) is 0.662. The van der Waals surface area contributed by atoms with E-state index >= 15 is 0 Å². The summed E-state index contributed by atoms with van der Waals surface area (Å²) in [5, 5.41) is 11.0. The lowest BCUT2D eigenvalue weighted by Gasteiger charge is -2.58. The minimum Gasteiger partial charge on any atom is -0.390 e. The monoisotopic (exact) mass is 222 g/mol. The van der Waals surface area contributed by atoms with Crippen molar-refractivity contribution in [2.24, 2.45) is 22.7 Å². The Morgan fingerprint density at radius 1 is 1.00 bits per heavy atom. The molecule has 3 saturated carbocycles. The van der Waals surface area contributed by atoms with Gasteiger partial charge in [-0.05, 0) is 61.2 Å². The van der Waals surface area contributed by atoms with E-state index in [0.717, 1.165) is 18.8 Å². The third-order valence-corrected chi connectivity index (χ3v) is 6.11. The molecule has 16 heavy (non-hydrogen) atoms. The number of aliphatic hydroxyl groups is 1.